The molecule has 0 saturated carbocycles. The largest absolute Gasteiger partial charge is 0.493 e. The van der Waals surface area contributed by atoms with Gasteiger partial charge in [-0.25, -0.2) is 0 Å². The van der Waals surface area contributed by atoms with Crippen LogP contribution in [0.5, 0.6) is 11.5 Å². The Hall–Kier alpha value is -1.27. The van der Waals surface area contributed by atoms with Crippen molar-refractivity contribution >= 4 is 21.8 Å². The van der Waals surface area contributed by atoms with Crippen molar-refractivity contribution in [2.45, 2.75) is 39.8 Å². The van der Waals surface area contributed by atoms with Crippen molar-refractivity contribution < 1.29 is 14.3 Å². The maximum atomic E-state index is 11.8. The van der Waals surface area contributed by atoms with Gasteiger partial charge in [0.2, 0.25) is 0 Å². The lowest BCUT2D eigenvalue weighted by Gasteiger charge is -2.21. The third-order valence-corrected chi connectivity index (χ3v) is 3.51. The first-order valence-corrected chi connectivity index (χ1v) is 8.07. The quantitative estimate of drug-likeness (QED) is 0.772. The highest BCUT2D eigenvalue weighted by Gasteiger charge is 2.16. The fourth-order valence-electron chi connectivity index (χ4n) is 1.84. The van der Waals surface area contributed by atoms with Crippen LogP contribution in [-0.4, -0.2) is 31.7 Å². The van der Waals surface area contributed by atoms with Crippen LogP contribution in [0, 0.1) is 0 Å². The standard InChI is InChI=1S/C16H25BrN2O3/c1-6-18-9-11-7-13(21-5)14(8-12(11)17)22-10-15(20)19-16(2,3)4/h7-8,18H,6,9-10H2,1-5H3,(H,19,20). The van der Waals surface area contributed by atoms with Crippen molar-refractivity contribution in [1.82, 2.24) is 10.6 Å². The molecular weight excluding hydrogens is 348 g/mol. The number of carbonyl (C=O) groups excluding carboxylic acids is 1. The van der Waals surface area contributed by atoms with Crippen molar-refractivity contribution in [1.29, 1.82) is 0 Å². The lowest BCUT2D eigenvalue weighted by Crippen LogP contribution is -2.43. The van der Waals surface area contributed by atoms with E-state index in [0.717, 1.165) is 23.1 Å². The second-order valence-corrected chi connectivity index (χ2v) is 6.82. The summed E-state index contributed by atoms with van der Waals surface area (Å²) in [5, 5.41) is 6.12. The van der Waals surface area contributed by atoms with Gasteiger partial charge in [0, 0.05) is 16.6 Å². The zero-order chi connectivity index (χ0) is 16.8. The summed E-state index contributed by atoms with van der Waals surface area (Å²) >= 11 is 3.52. The van der Waals surface area contributed by atoms with Crippen LogP contribution in [0.1, 0.15) is 33.3 Å². The van der Waals surface area contributed by atoms with Gasteiger partial charge in [-0.05, 0) is 45.0 Å². The molecule has 6 heteroatoms. The minimum absolute atomic E-state index is 0.0490. The van der Waals surface area contributed by atoms with E-state index < -0.39 is 0 Å². The summed E-state index contributed by atoms with van der Waals surface area (Å²) in [6.07, 6.45) is 0. The van der Waals surface area contributed by atoms with Crippen molar-refractivity contribution in [3.8, 4) is 11.5 Å². The van der Waals surface area contributed by atoms with E-state index in [2.05, 4.69) is 33.5 Å². The normalized spacial score (nSPS) is 11.2. The van der Waals surface area contributed by atoms with E-state index >= 15 is 0 Å². The Bertz CT molecular complexity index is 513. The van der Waals surface area contributed by atoms with Crippen LogP contribution in [0.15, 0.2) is 16.6 Å². The number of amides is 1. The zero-order valence-electron chi connectivity index (χ0n) is 13.9. The molecule has 0 radical (unpaired) electrons. The zero-order valence-corrected chi connectivity index (χ0v) is 15.5. The summed E-state index contributed by atoms with van der Waals surface area (Å²) in [5.41, 5.74) is 0.797. The number of benzene rings is 1. The molecule has 0 bridgehead atoms. The number of rotatable bonds is 7. The van der Waals surface area contributed by atoms with Gasteiger partial charge in [0.15, 0.2) is 18.1 Å². The number of nitrogens with one attached hydrogen (secondary N) is 2. The summed E-state index contributed by atoms with van der Waals surface area (Å²) in [5.74, 6) is 0.987. The summed E-state index contributed by atoms with van der Waals surface area (Å²) in [6, 6.07) is 3.74. The maximum Gasteiger partial charge on any atom is 0.258 e. The molecular formula is C16H25BrN2O3. The van der Waals surface area contributed by atoms with Gasteiger partial charge in [0.25, 0.3) is 5.91 Å². The molecule has 2 N–H and O–H groups in total. The molecule has 0 heterocycles. The van der Waals surface area contributed by atoms with Crippen LogP contribution in [0.2, 0.25) is 0 Å². The van der Waals surface area contributed by atoms with Crippen LogP contribution >= 0.6 is 15.9 Å². The van der Waals surface area contributed by atoms with Crippen LogP contribution in [0.25, 0.3) is 0 Å². The van der Waals surface area contributed by atoms with Crippen molar-refractivity contribution in [2.75, 3.05) is 20.3 Å². The Labute approximate surface area is 140 Å². The first kappa shape index (κ1) is 18.8. The first-order valence-electron chi connectivity index (χ1n) is 7.27. The van der Waals surface area contributed by atoms with Gasteiger partial charge in [-0.15, -0.1) is 0 Å². The smallest absolute Gasteiger partial charge is 0.258 e. The van der Waals surface area contributed by atoms with Crippen molar-refractivity contribution in [2.24, 2.45) is 0 Å². The molecule has 124 valence electrons. The van der Waals surface area contributed by atoms with E-state index in [0.29, 0.717) is 11.5 Å². The Morgan fingerprint density at radius 3 is 2.50 bits per heavy atom. The number of hydrogen-bond acceptors (Lipinski definition) is 4. The molecule has 0 atom stereocenters. The molecule has 0 aliphatic carbocycles. The van der Waals surface area contributed by atoms with Gasteiger partial charge in [-0.3, -0.25) is 4.79 Å². The van der Waals surface area contributed by atoms with Gasteiger partial charge in [0.1, 0.15) is 0 Å². The van der Waals surface area contributed by atoms with Crippen molar-refractivity contribution in [3.63, 3.8) is 0 Å². The summed E-state index contributed by atoms with van der Waals surface area (Å²) in [7, 11) is 1.59. The highest BCUT2D eigenvalue weighted by atomic mass is 79.9. The molecule has 5 nitrogen and oxygen atoms in total. The molecule has 0 aromatic heterocycles. The fraction of sp³-hybridized carbons (Fsp3) is 0.562. The second kappa shape index (κ2) is 8.39. The monoisotopic (exact) mass is 372 g/mol. The van der Waals surface area contributed by atoms with E-state index in [4.69, 9.17) is 9.47 Å². The summed E-state index contributed by atoms with van der Waals surface area (Å²) in [4.78, 5) is 11.8. The van der Waals surface area contributed by atoms with E-state index in [1.54, 1.807) is 7.11 Å². The predicted octanol–water partition coefficient (Wildman–Crippen LogP) is 2.86. The molecule has 0 fully saturated rings. The van der Waals surface area contributed by atoms with E-state index in [9.17, 15) is 4.79 Å². The molecule has 0 spiro atoms. The topological polar surface area (TPSA) is 59.6 Å². The second-order valence-electron chi connectivity index (χ2n) is 5.96. The van der Waals surface area contributed by atoms with Gasteiger partial charge in [0.05, 0.1) is 7.11 Å². The number of ether oxygens (including phenoxy) is 2. The highest BCUT2D eigenvalue weighted by molar-refractivity contribution is 9.10. The molecule has 1 amide bonds. The molecule has 1 rings (SSSR count). The molecule has 0 aliphatic heterocycles. The third-order valence-electron chi connectivity index (χ3n) is 2.77. The molecule has 1 aromatic carbocycles. The van der Waals surface area contributed by atoms with E-state index in [1.165, 1.54) is 0 Å². The lowest BCUT2D eigenvalue weighted by atomic mass is 10.1. The molecule has 1 aromatic rings. The number of hydrogen-bond donors (Lipinski definition) is 2. The highest BCUT2D eigenvalue weighted by Crippen LogP contribution is 2.33. The summed E-state index contributed by atoms with van der Waals surface area (Å²) < 4.78 is 11.9. The lowest BCUT2D eigenvalue weighted by molar-refractivity contribution is -0.124. The van der Waals surface area contributed by atoms with Gasteiger partial charge in [-0.2, -0.15) is 0 Å². The average molecular weight is 373 g/mol. The SMILES string of the molecule is CCNCc1cc(OC)c(OCC(=O)NC(C)(C)C)cc1Br. The van der Waals surface area contributed by atoms with Crippen LogP contribution < -0.4 is 20.1 Å². The Morgan fingerprint density at radius 1 is 1.27 bits per heavy atom. The van der Waals surface area contributed by atoms with Crippen LogP contribution in [-0.2, 0) is 11.3 Å². The molecule has 0 unspecified atom stereocenters. The van der Waals surface area contributed by atoms with Crippen molar-refractivity contribution in [3.05, 3.63) is 22.2 Å². The van der Waals surface area contributed by atoms with Crippen LogP contribution in [0.3, 0.4) is 0 Å². The predicted molar refractivity (Wildman–Crippen MR) is 91.5 cm³/mol. The fourth-order valence-corrected chi connectivity index (χ4v) is 2.30. The number of methoxy groups -OCH3 is 1. The number of halogens is 1. The first-order chi connectivity index (χ1) is 10.3. The number of carbonyl (C=O) groups is 1. The third kappa shape index (κ3) is 6.23. The molecule has 0 aliphatic rings. The minimum Gasteiger partial charge on any atom is -0.493 e. The van der Waals surface area contributed by atoms with E-state index in [-0.39, 0.29) is 18.1 Å². The maximum absolute atomic E-state index is 11.8. The Kier molecular flexibility index (Phi) is 7.16. The molecule has 0 saturated heterocycles. The van der Waals surface area contributed by atoms with Gasteiger partial charge in [-0.1, -0.05) is 22.9 Å². The summed E-state index contributed by atoms with van der Waals surface area (Å²) in [6.45, 7) is 9.41. The van der Waals surface area contributed by atoms with E-state index in [1.807, 2.05) is 32.9 Å². The average Bonchev–Trinajstić information content (AvgIpc) is 2.42. The Morgan fingerprint density at radius 2 is 1.95 bits per heavy atom. The Balaban J connectivity index is 2.78. The van der Waals surface area contributed by atoms with Crippen LogP contribution in [0.4, 0.5) is 0 Å². The van der Waals surface area contributed by atoms with Gasteiger partial charge < -0.3 is 20.1 Å². The minimum atomic E-state index is -0.277. The van der Waals surface area contributed by atoms with Gasteiger partial charge >= 0.3 is 0 Å². The molecule has 22 heavy (non-hydrogen) atoms.